The molecule has 2 rings (SSSR count). The first-order valence-corrected chi connectivity index (χ1v) is 6.23. The molecule has 0 saturated carbocycles. The third-order valence-corrected chi connectivity index (χ3v) is 2.98. The fraction of sp³-hybridized carbons (Fsp3) is 0.200. The van der Waals surface area contributed by atoms with Crippen LogP contribution in [0, 0.1) is 13.8 Å². The van der Waals surface area contributed by atoms with E-state index in [2.05, 4.69) is 5.32 Å². The minimum atomic E-state index is -1.03. The van der Waals surface area contributed by atoms with Crippen molar-refractivity contribution in [1.29, 1.82) is 0 Å². The van der Waals surface area contributed by atoms with Gasteiger partial charge in [0.05, 0.1) is 0 Å². The lowest BCUT2D eigenvalue weighted by atomic mass is 10.2. The second kappa shape index (κ2) is 5.61. The largest absolute Gasteiger partial charge is 0.477 e. The minimum absolute atomic E-state index is 0.0244. The molecule has 1 aromatic heterocycles. The third kappa shape index (κ3) is 3.06. The first-order chi connectivity index (χ1) is 9.47. The summed E-state index contributed by atoms with van der Waals surface area (Å²) in [5.74, 6) is -1.29. The molecule has 0 fully saturated rings. The average Bonchev–Trinajstić information content (AvgIpc) is 2.70. The summed E-state index contributed by atoms with van der Waals surface area (Å²) in [6, 6.07) is 9.13. The highest BCUT2D eigenvalue weighted by molar-refractivity contribution is 5.92. The van der Waals surface area contributed by atoms with Gasteiger partial charge in [0, 0.05) is 11.9 Å². The molecule has 0 spiro atoms. The van der Waals surface area contributed by atoms with Crippen LogP contribution >= 0.6 is 0 Å². The maximum atomic E-state index is 12.0. The van der Waals surface area contributed by atoms with Crippen molar-refractivity contribution >= 4 is 17.6 Å². The molecule has 0 aliphatic heterocycles. The molecular formula is C15H16N2O3. The Bertz CT molecular complexity index is 659. The van der Waals surface area contributed by atoms with E-state index < -0.39 is 5.97 Å². The molecule has 1 heterocycles. The van der Waals surface area contributed by atoms with Crippen molar-refractivity contribution in [2.45, 2.75) is 20.4 Å². The van der Waals surface area contributed by atoms with E-state index in [1.807, 2.05) is 25.1 Å². The van der Waals surface area contributed by atoms with Crippen LogP contribution in [-0.2, 0) is 11.3 Å². The van der Waals surface area contributed by atoms with Crippen LogP contribution in [0.15, 0.2) is 36.5 Å². The quantitative estimate of drug-likeness (QED) is 0.898. The molecule has 0 atom stereocenters. The molecule has 5 heteroatoms. The Morgan fingerprint density at radius 1 is 1.25 bits per heavy atom. The van der Waals surface area contributed by atoms with Crippen LogP contribution in [0.2, 0.25) is 0 Å². The fourth-order valence-corrected chi connectivity index (χ4v) is 2.08. The van der Waals surface area contributed by atoms with Gasteiger partial charge in [0.2, 0.25) is 5.91 Å². The molecule has 0 bridgehead atoms. The van der Waals surface area contributed by atoms with Gasteiger partial charge >= 0.3 is 5.97 Å². The second-order valence-corrected chi connectivity index (χ2v) is 4.70. The molecule has 1 aromatic carbocycles. The third-order valence-electron chi connectivity index (χ3n) is 2.98. The highest BCUT2D eigenvalue weighted by atomic mass is 16.4. The number of carbonyl (C=O) groups excluding carboxylic acids is 1. The monoisotopic (exact) mass is 272 g/mol. The Labute approximate surface area is 116 Å². The smallest absolute Gasteiger partial charge is 0.352 e. The highest BCUT2D eigenvalue weighted by Crippen LogP contribution is 2.12. The number of benzene rings is 1. The molecule has 0 aliphatic carbocycles. The van der Waals surface area contributed by atoms with E-state index in [-0.39, 0.29) is 18.1 Å². The van der Waals surface area contributed by atoms with E-state index in [4.69, 9.17) is 5.11 Å². The Kier molecular flexibility index (Phi) is 3.89. The van der Waals surface area contributed by atoms with E-state index in [0.717, 1.165) is 5.56 Å². The van der Waals surface area contributed by atoms with Crippen LogP contribution in [0.5, 0.6) is 0 Å². The van der Waals surface area contributed by atoms with Gasteiger partial charge in [-0.1, -0.05) is 12.1 Å². The Balaban J connectivity index is 2.11. The van der Waals surface area contributed by atoms with Crippen molar-refractivity contribution in [2.75, 3.05) is 5.32 Å². The van der Waals surface area contributed by atoms with Crippen LogP contribution in [-0.4, -0.2) is 21.6 Å². The molecule has 0 radical (unpaired) electrons. The number of aromatic nitrogens is 1. The maximum Gasteiger partial charge on any atom is 0.352 e. The summed E-state index contributed by atoms with van der Waals surface area (Å²) in [5, 5.41) is 11.9. The number of nitrogens with zero attached hydrogens (tertiary/aromatic N) is 1. The number of amides is 1. The van der Waals surface area contributed by atoms with Gasteiger partial charge in [-0.3, -0.25) is 4.79 Å². The summed E-state index contributed by atoms with van der Waals surface area (Å²) in [7, 11) is 0. The molecular weight excluding hydrogens is 256 g/mol. The Hall–Kier alpha value is -2.56. The van der Waals surface area contributed by atoms with Crippen molar-refractivity contribution in [2.24, 2.45) is 0 Å². The van der Waals surface area contributed by atoms with E-state index in [1.54, 1.807) is 25.3 Å². The van der Waals surface area contributed by atoms with Crippen molar-refractivity contribution in [3.8, 4) is 0 Å². The number of aromatic carboxylic acids is 1. The number of carboxylic acid groups (broad SMARTS) is 1. The Morgan fingerprint density at radius 3 is 2.65 bits per heavy atom. The van der Waals surface area contributed by atoms with Gasteiger partial charge in [0.15, 0.2) is 0 Å². The zero-order valence-electron chi connectivity index (χ0n) is 11.4. The number of carboxylic acids is 1. The van der Waals surface area contributed by atoms with E-state index in [9.17, 15) is 9.59 Å². The topological polar surface area (TPSA) is 71.3 Å². The maximum absolute atomic E-state index is 12.0. The standard InChI is InChI=1S/C15H16N2O3/c1-10-4-3-5-12(8-10)16-13(18)9-17-7-6-11(2)14(17)15(19)20/h3-8H,9H2,1-2H3,(H,16,18)(H,19,20). The lowest BCUT2D eigenvalue weighted by Crippen LogP contribution is -2.21. The number of rotatable bonds is 4. The molecule has 2 N–H and O–H groups in total. The predicted octanol–water partition coefficient (Wildman–Crippen LogP) is 2.44. The first-order valence-electron chi connectivity index (χ1n) is 6.23. The van der Waals surface area contributed by atoms with Crippen molar-refractivity contribution in [3.63, 3.8) is 0 Å². The molecule has 2 aromatic rings. The number of hydrogen-bond acceptors (Lipinski definition) is 2. The van der Waals surface area contributed by atoms with Gasteiger partial charge < -0.3 is 15.0 Å². The van der Waals surface area contributed by atoms with Gasteiger partial charge in [0.1, 0.15) is 12.2 Å². The molecule has 0 unspecified atom stereocenters. The van der Waals surface area contributed by atoms with Gasteiger partial charge in [-0.2, -0.15) is 0 Å². The van der Waals surface area contributed by atoms with Gasteiger partial charge in [-0.05, 0) is 43.2 Å². The van der Waals surface area contributed by atoms with Crippen LogP contribution in [0.4, 0.5) is 5.69 Å². The highest BCUT2D eigenvalue weighted by Gasteiger charge is 2.15. The summed E-state index contributed by atoms with van der Waals surface area (Å²) in [4.78, 5) is 23.1. The van der Waals surface area contributed by atoms with Crippen molar-refractivity contribution in [3.05, 3.63) is 53.3 Å². The summed E-state index contributed by atoms with van der Waals surface area (Å²) >= 11 is 0. The average molecular weight is 272 g/mol. The first kappa shape index (κ1) is 13.9. The number of carbonyl (C=O) groups is 2. The van der Waals surface area contributed by atoms with Crippen molar-refractivity contribution < 1.29 is 14.7 Å². The van der Waals surface area contributed by atoms with Gasteiger partial charge in [0.25, 0.3) is 0 Å². The molecule has 104 valence electrons. The zero-order chi connectivity index (χ0) is 14.7. The number of hydrogen-bond donors (Lipinski definition) is 2. The van der Waals surface area contributed by atoms with Gasteiger partial charge in [-0.25, -0.2) is 4.79 Å². The molecule has 0 saturated heterocycles. The van der Waals surface area contributed by atoms with Crippen LogP contribution < -0.4 is 5.32 Å². The number of anilines is 1. The predicted molar refractivity (Wildman–Crippen MR) is 75.9 cm³/mol. The molecule has 20 heavy (non-hydrogen) atoms. The molecule has 0 aliphatic rings. The fourth-order valence-electron chi connectivity index (χ4n) is 2.08. The van der Waals surface area contributed by atoms with Crippen LogP contribution in [0.1, 0.15) is 21.6 Å². The molecule has 1 amide bonds. The normalized spacial score (nSPS) is 10.3. The summed E-state index contributed by atoms with van der Waals surface area (Å²) < 4.78 is 1.43. The van der Waals surface area contributed by atoms with Crippen LogP contribution in [0.3, 0.4) is 0 Å². The SMILES string of the molecule is Cc1cccc(NC(=O)Cn2ccc(C)c2C(=O)O)c1. The van der Waals surface area contributed by atoms with E-state index in [1.165, 1.54) is 4.57 Å². The number of aryl methyl sites for hydroxylation is 2. The van der Waals surface area contributed by atoms with Gasteiger partial charge in [-0.15, -0.1) is 0 Å². The molecule has 5 nitrogen and oxygen atoms in total. The summed E-state index contributed by atoms with van der Waals surface area (Å²) in [5.41, 5.74) is 2.53. The van der Waals surface area contributed by atoms with E-state index >= 15 is 0 Å². The van der Waals surface area contributed by atoms with Crippen molar-refractivity contribution in [1.82, 2.24) is 4.57 Å². The Morgan fingerprint density at radius 2 is 2.00 bits per heavy atom. The minimum Gasteiger partial charge on any atom is -0.477 e. The zero-order valence-corrected chi connectivity index (χ0v) is 11.4. The second-order valence-electron chi connectivity index (χ2n) is 4.70. The van der Waals surface area contributed by atoms with Crippen LogP contribution in [0.25, 0.3) is 0 Å². The lowest BCUT2D eigenvalue weighted by molar-refractivity contribution is -0.116. The lowest BCUT2D eigenvalue weighted by Gasteiger charge is -2.09. The summed E-state index contributed by atoms with van der Waals surface area (Å²) in [6.07, 6.45) is 1.61. The number of nitrogens with one attached hydrogen (secondary N) is 1. The summed E-state index contributed by atoms with van der Waals surface area (Å²) in [6.45, 7) is 3.62. The van der Waals surface area contributed by atoms with E-state index in [0.29, 0.717) is 11.3 Å².